The van der Waals surface area contributed by atoms with Gasteiger partial charge < -0.3 is 5.32 Å². The largest absolute Gasteiger partial charge is 0.420 e. The van der Waals surface area contributed by atoms with Crippen LogP contribution in [0.25, 0.3) is 0 Å². The minimum Gasteiger partial charge on any atom is -0.321 e. The number of nitrogens with one attached hydrogen (secondary N) is 1. The molecule has 3 rings (SSSR count). The molecule has 1 saturated carbocycles. The SMILES string of the molecule is CCc1nn(CC2CCC(F)(F)C2)c(C(=O)Nc2ccnc(SC)c2)c1C(F)(F)F. The predicted octanol–water partition coefficient (Wildman–Crippen LogP) is 5.27. The molecule has 0 aromatic carbocycles. The number of hydrogen-bond donors (Lipinski definition) is 1. The first-order chi connectivity index (χ1) is 14.0. The Morgan fingerprint density at radius 2 is 2.13 bits per heavy atom. The third-order valence-electron chi connectivity index (χ3n) is 5.00. The summed E-state index contributed by atoms with van der Waals surface area (Å²) in [6, 6.07) is 3.00. The number of pyridine rings is 1. The molecular weight excluding hydrogens is 427 g/mol. The van der Waals surface area contributed by atoms with Gasteiger partial charge in [0.25, 0.3) is 5.91 Å². The van der Waals surface area contributed by atoms with Crippen molar-refractivity contribution in [2.24, 2.45) is 5.92 Å². The number of carbonyl (C=O) groups is 1. The molecule has 0 radical (unpaired) electrons. The van der Waals surface area contributed by atoms with Crippen LogP contribution in [-0.4, -0.2) is 32.8 Å². The predicted molar refractivity (Wildman–Crippen MR) is 103 cm³/mol. The lowest BCUT2D eigenvalue weighted by atomic mass is 10.1. The highest BCUT2D eigenvalue weighted by Crippen LogP contribution is 2.41. The van der Waals surface area contributed by atoms with Crippen LogP contribution in [0.5, 0.6) is 0 Å². The summed E-state index contributed by atoms with van der Waals surface area (Å²) in [5.74, 6) is -4.38. The summed E-state index contributed by atoms with van der Waals surface area (Å²) in [4.78, 5) is 16.9. The smallest absolute Gasteiger partial charge is 0.321 e. The lowest BCUT2D eigenvalue weighted by Crippen LogP contribution is -2.24. The molecule has 1 fully saturated rings. The van der Waals surface area contributed by atoms with Crippen molar-refractivity contribution in [3.05, 3.63) is 35.3 Å². The second kappa shape index (κ2) is 8.52. The molecule has 0 saturated heterocycles. The van der Waals surface area contributed by atoms with Gasteiger partial charge >= 0.3 is 6.18 Å². The zero-order chi connectivity index (χ0) is 22.1. The Labute approximate surface area is 174 Å². The van der Waals surface area contributed by atoms with Gasteiger partial charge in [-0.25, -0.2) is 13.8 Å². The first kappa shape index (κ1) is 22.5. The Bertz CT molecular complexity index is 928. The minimum atomic E-state index is -4.81. The van der Waals surface area contributed by atoms with Crippen molar-refractivity contribution in [1.82, 2.24) is 14.8 Å². The molecule has 1 N–H and O–H groups in total. The van der Waals surface area contributed by atoms with Gasteiger partial charge in [0.05, 0.1) is 10.7 Å². The normalized spacial score (nSPS) is 18.6. The monoisotopic (exact) mass is 448 g/mol. The summed E-state index contributed by atoms with van der Waals surface area (Å²) in [5.41, 5.74) is -1.77. The first-order valence-corrected chi connectivity index (χ1v) is 10.6. The van der Waals surface area contributed by atoms with Crippen molar-refractivity contribution in [2.75, 3.05) is 11.6 Å². The van der Waals surface area contributed by atoms with Crippen LogP contribution in [-0.2, 0) is 19.1 Å². The number of amides is 1. The highest BCUT2D eigenvalue weighted by atomic mass is 32.2. The van der Waals surface area contributed by atoms with Gasteiger partial charge in [-0.2, -0.15) is 18.3 Å². The van der Waals surface area contributed by atoms with E-state index in [-0.39, 0.29) is 37.2 Å². The number of anilines is 1. The molecule has 11 heteroatoms. The summed E-state index contributed by atoms with van der Waals surface area (Å²) in [6.45, 7) is 1.33. The van der Waals surface area contributed by atoms with Gasteiger partial charge in [0.1, 0.15) is 11.3 Å². The van der Waals surface area contributed by atoms with E-state index in [1.165, 1.54) is 37.0 Å². The molecule has 1 amide bonds. The summed E-state index contributed by atoms with van der Waals surface area (Å²) in [7, 11) is 0. The van der Waals surface area contributed by atoms with Gasteiger partial charge in [-0.3, -0.25) is 9.48 Å². The summed E-state index contributed by atoms with van der Waals surface area (Å²) in [5, 5.41) is 7.02. The van der Waals surface area contributed by atoms with Crippen LogP contribution in [0.2, 0.25) is 0 Å². The first-order valence-electron chi connectivity index (χ1n) is 9.40. The second-order valence-corrected chi connectivity index (χ2v) is 8.04. The number of halogens is 5. The van der Waals surface area contributed by atoms with Crippen LogP contribution < -0.4 is 5.32 Å². The maximum absolute atomic E-state index is 13.8. The molecule has 1 aliphatic rings. The zero-order valence-corrected chi connectivity index (χ0v) is 17.2. The molecule has 0 bridgehead atoms. The Balaban J connectivity index is 1.98. The maximum atomic E-state index is 13.8. The van der Waals surface area contributed by atoms with Gasteiger partial charge in [-0.1, -0.05) is 6.92 Å². The van der Waals surface area contributed by atoms with Gasteiger partial charge in [-0.05, 0) is 37.1 Å². The van der Waals surface area contributed by atoms with Crippen LogP contribution in [0.3, 0.4) is 0 Å². The molecular formula is C19H21F5N4OS. The van der Waals surface area contributed by atoms with E-state index < -0.39 is 41.6 Å². The quantitative estimate of drug-likeness (QED) is 0.483. The highest BCUT2D eigenvalue weighted by Gasteiger charge is 2.44. The van der Waals surface area contributed by atoms with Crippen molar-refractivity contribution in [3.63, 3.8) is 0 Å². The molecule has 1 atom stereocenters. The van der Waals surface area contributed by atoms with Crippen molar-refractivity contribution in [3.8, 4) is 0 Å². The van der Waals surface area contributed by atoms with E-state index in [0.29, 0.717) is 5.03 Å². The molecule has 2 aromatic rings. The number of carbonyl (C=O) groups excluding carboxylic acids is 1. The molecule has 164 valence electrons. The van der Waals surface area contributed by atoms with Crippen LogP contribution in [0.1, 0.15) is 47.9 Å². The Hall–Kier alpha value is -2.17. The van der Waals surface area contributed by atoms with Crippen molar-refractivity contribution >= 4 is 23.4 Å². The molecule has 2 aromatic heterocycles. The van der Waals surface area contributed by atoms with Crippen molar-refractivity contribution < 1.29 is 26.7 Å². The second-order valence-electron chi connectivity index (χ2n) is 7.21. The summed E-state index contributed by atoms with van der Waals surface area (Å²) >= 11 is 1.31. The number of thioether (sulfide) groups is 1. The fourth-order valence-electron chi connectivity index (χ4n) is 3.65. The molecule has 2 heterocycles. The Kier molecular flexibility index (Phi) is 6.40. The van der Waals surface area contributed by atoms with Crippen LogP contribution >= 0.6 is 11.8 Å². The van der Waals surface area contributed by atoms with Crippen LogP contribution in [0.4, 0.5) is 27.6 Å². The summed E-state index contributed by atoms with van der Waals surface area (Å²) < 4.78 is 69.5. The van der Waals surface area contributed by atoms with E-state index in [2.05, 4.69) is 15.4 Å². The molecule has 1 aliphatic carbocycles. The van der Waals surface area contributed by atoms with Gasteiger partial charge in [0.15, 0.2) is 0 Å². The third-order valence-corrected chi connectivity index (χ3v) is 5.64. The summed E-state index contributed by atoms with van der Waals surface area (Å²) in [6.07, 6.45) is -2.23. The van der Waals surface area contributed by atoms with E-state index >= 15 is 0 Å². The standard InChI is InChI=1S/C19H21F5N4OS/c1-3-13-15(19(22,23)24)16(17(29)26-12-5-7-25-14(8-12)30-2)28(27-13)10-11-4-6-18(20,21)9-11/h5,7-8,11H,3-4,6,9-10H2,1-2H3,(H,25,26,29). The molecule has 1 unspecified atom stereocenters. The topological polar surface area (TPSA) is 59.8 Å². The number of aryl methyl sites for hydroxylation is 1. The Morgan fingerprint density at radius 3 is 2.70 bits per heavy atom. The zero-order valence-electron chi connectivity index (χ0n) is 16.4. The Morgan fingerprint density at radius 1 is 1.40 bits per heavy atom. The number of hydrogen-bond acceptors (Lipinski definition) is 4. The van der Waals surface area contributed by atoms with E-state index in [4.69, 9.17) is 0 Å². The number of rotatable bonds is 6. The lowest BCUT2D eigenvalue weighted by molar-refractivity contribution is -0.138. The number of nitrogens with zero attached hydrogens (tertiary/aromatic N) is 3. The molecule has 0 aliphatic heterocycles. The highest BCUT2D eigenvalue weighted by molar-refractivity contribution is 7.98. The van der Waals surface area contributed by atoms with Crippen molar-refractivity contribution in [1.29, 1.82) is 0 Å². The van der Waals surface area contributed by atoms with Crippen molar-refractivity contribution in [2.45, 2.75) is 56.3 Å². The fourth-order valence-corrected chi connectivity index (χ4v) is 4.06. The minimum absolute atomic E-state index is 0.0468. The molecule has 0 spiro atoms. The van der Waals surface area contributed by atoms with Gasteiger partial charge in [0, 0.05) is 31.3 Å². The number of aromatic nitrogens is 3. The van der Waals surface area contributed by atoms with Crippen LogP contribution in [0, 0.1) is 5.92 Å². The number of alkyl halides is 5. The third kappa shape index (κ3) is 4.93. The van der Waals surface area contributed by atoms with E-state index in [1.54, 1.807) is 6.26 Å². The average Bonchev–Trinajstić information content (AvgIpc) is 3.21. The van der Waals surface area contributed by atoms with E-state index in [0.717, 1.165) is 4.68 Å². The molecule has 5 nitrogen and oxygen atoms in total. The van der Waals surface area contributed by atoms with E-state index in [9.17, 15) is 26.7 Å². The lowest BCUT2D eigenvalue weighted by Gasteiger charge is -2.15. The average molecular weight is 448 g/mol. The molecule has 30 heavy (non-hydrogen) atoms. The fraction of sp³-hybridized carbons (Fsp3) is 0.526. The van der Waals surface area contributed by atoms with Gasteiger partial charge in [0.2, 0.25) is 5.92 Å². The van der Waals surface area contributed by atoms with E-state index in [1.807, 2.05) is 0 Å². The van der Waals surface area contributed by atoms with Crippen LogP contribution in [0.15, 0.2) is 23.4 Å². The maximum Gasteiger partial charge on any atom is 0.420 e. The van der Waals surface area contributed by atoms with Gasteiger partial charge in [-0.15, -0.1) is 11.8 Å².